The van der Waals surface area contributed by atoms with Crippen molar-refractivity contribution in [2.24, 2.45) is 11.8 Å². The molecule has 184 valence electrons. The third-order valence-corrected chi connectivity index (χ3v) is 6.18. The van der Waals surface area contributed by atoms with E-state index in [9.17, 15) is 14.0 Å². The molecule has 2 atom stereocenters. The molecule has 1 aliphatic heterocycles. The molecule has 0 spiro atoms. The van der Waals surface area contributed by atoms with Crippen LogP contribution in [0.4, 0.5) is 4.39 Å². The van der Waals surface area contributed by atoms with E-state index in [1.807, 2.05) is 0 Å². The van der Waals surface area contributed by atoms with Crippen molar-refractivity contribution in [1.29, 1.82) is 0 Å². The van der Waals surface area contributed by atoms with Crippen molar-refractivity contribution in [2.75, 3.05) is 41.0 Å². The fraction of sp³-hybridized carbons (Fsp3) is 0.462. The molecule has 1 fully saturated rings. The lowest BCUT2D eigenvalue weighted by Gasteiger charge is -2.21. The minimum Gasteiger partial charge on any atom is -0.493 e. The predicted molar refractivity (Wildman–Crippen MR) is 127 cm³/mol. The summed E-state index contributed by atoms with van der Waals surface area (Å²) in [4.78, 5) is 27.9. The molecular formula is C26H33FN2O5. The molecule has 0 radical (unpaired) electrons. The van der Waals surface area contributed by atoms with E-state index in [-0.39, 0.29) is 30.5 Å². The number of carbonyl (C=O) groups is 2. The second-order valence-electron chi connectivity index (χ2n) is 8.84. The first-order chi connectivity index (χ1) is 16.3. The molecule has 0 bridgehead atoms. The van der Waals surface area contributed by atoms with E-state index in [1.54, 1.807) is 29.2 Å². The molecule has 0 aromatic heterocycles. The molecule has 0 saturated carbocycles. The van der Waals surface area contributed by atoms with E-state index in [0.717, 1.165) is 12.0 Å². The molecule has 1 heterocycles. The van der Waals surface area contributed by atoms with Crippen molar-refractivity contribution >= 4 is 11.8 Å². The molecule has 1 saturated heterocycles. The van der Waals surface area contributed by atoms with Crippen LogP contribution in [0.2, 0.25) is 0 Å². The van der Waals surface area contributed by atoms with Crippen molar-refractivity contribution in [3.63, 3.8) is 0 Å². The van der Waals surface area contributed by atoms with Crippen molar-refractivity contribution in [1.82, 2.24) is 10.2 Å². The topological polar surface area (TPSA) is 77.1 Å². The quantitative estimate of drug-likeness (QED) is 0.600. The Kier molecular flexibility index (Phi) is 8.36. The minimum absolute atomic E-state index is 0.00740. The highest BCUT2D eigenvalue weighted by molar-refractivity contribution is 5.95. The summed E-state index contributed by atoms with van der Waals surface area (Å²) < 4.78 is 30.7. The van der Waals surface area contributed by atoms with E-state index < -0.39 is 17.6 Å². The van der Waals surface area contributed by atoms with Crippen LogP contribution in [0.5, 0.6) is 17.2 Å². The minimum atomic E-state index is -0.582. The van der Waals surface area contributed by atoms with Gasteiger partial charge in [0.05, 0.1) is 32.8 Å². The van der Waals surface area contributed by atoms with Crippen LogP contribution in [-0.2, 0) is 4.79 Å². The van der Waals surface area contributed by atoms with Crippen molar-refractivity contribution in [3.05, 3.63) is 53.3 Å². The Bertz CT molecular complexity index is 1000. The maximum Gasteiger partial charge on any atom is 0.256 e. The highest BCUT2D eigenvalue weighted by Gasteiger charge is 2.41. The van der Waals surface area contributed by atoms with Gasteiger partial charge in [0.25, 0.3) is 5.91 Å². The Morgan fingerprint density at radius 3 is 2.26 bits per heavy atom. The number of ether oxygens (including phenoxy) is 3. The number of hydrogen-bond acceptors (Lipinski definition) is 5. The van der Waals surface area contributed by atoms with Gasteiger partial charge in [-0.1, -0.05) is 26.0 Å². The normalized spacial score (nSPS) is 17.6. The molecule has 1 N–H and O–H groups in total. The maximum absolute atomic E-state index is 14.3. The number of hydrogen-bond donors (Lipinski definition) is 1. The number of benzene rings is 2. The van der Waals surface area contributed by atoms with Gasteiger partial charge >= 0.3 is 0 Å². The van der Waals surface area contributed by atoms with Gasteiger partial charge in [-0.3, -0.25) is 9.59 Å². The summed E-state index contributed by atoms with van der Waals surface area (Å²) in [6.45, 7) is 5.18. The summed E-state index contributed by atoms with van der Waals surface area (Å²) in [5.74, 6) is -0.158. The Morgan fingerprint density at radius 2 is 1.71 bits per heavy atom. The number of nitrogens with zero attached hydrogens (tertiary/aromatic N) is 1. The molecule has 2 unspecified atom stereocenters. The zero-order valence-electron chi connectivity index (χ0n) is 20.4. The van der Waals surface area contributed by atoms with E-state index in [4.69, 9.17) is 14.2 Å². The molecule has 8 heteroatoms. The average Bonchev–Trinajstić information content (AvgIpc) is 3.28. The Balaban J connectivity index is 1.95. The van der Waals surface area contributed by atoms with Crippen molar-refractivity contribution in [3.8, 4) is 17.2 Å². The molecule has 2 amide bonds. The molecule has 0 aliphatic carbocycles. The number of methoxy groups -OCH3 is 3. The molecule has 7 nitrogen and oxygen atoms in total. The fourth-order valence-electron chi connectivity index (χ4n) is 4.31. The van der Waals surface area contributed by atoms with Crippen LogP contribution in [-0.4, -0.2) is 57.7 Å². The van der Waals surface area contributed by atoms with E-state index in [2.05, 4.69) is 19.2 Å². The zero-order valence-corrected chi connectivity index (χ0v) is 20.4. The van der Waals surface area contributed by atoms with Crippen LogP contribution in [0.15, 0.2) is 36.4 Å². The van der Waals surface area contributed by atoms with Gasteiger partial charge in [-0.25, -0.2) is 4.39 Å². The summed E-state index contributed by atoms with van der Waals surface area (Å²) in [7, 11) is 4.58. The third-order valence-electron chi connectivity index (χ3n) is 6.18. The lowest BCUT2D eigenvalue weighted by Crippen LogP contribution is -2.36. The van der Waals surface area contributed by atoms with Crippen LogP contribution in [0, 0.1) is 17.7 Å². The number of likely N-dealkylation sites (tertiary alicyclic amines) is 1. The van der Waals surface area contributed by atoms with Crippen LogP contribution in [0.3, 0.4) is 0 Å². The first-order valence-corrected chi connectivity index (χ1v) is 11.4. The fourth-order valence-corrected chi connectivity index (χ4v) is 4.31. The summed E-state index contributed by atoms with van der Waals surface area (Å²) in [6, 6.07) is 9.49. The van der Waals surface area contributed by atoms with Crippen LogP contribution >= 0.6 is 0 Å². The van der Waals surface area contributed by atoms with Gasteiger partial charge in [0, 0.05) is 25.6 Å². The molecule has 3 rings (SSSR count). The van der Waals surface area contributed by atoms with Gasteiger partial charge in [0.2, 0.25) is 11.7 Å². The summed E-state index contributed by atoms with van der Waals surface area (Å²) >= 11 is 0. The highest BCUT2D eigenvalue weighted by Crippen LogP contribution is 2.43. The van der Waals surface area contributed by atoms with Crippen molar-refractivity contribution in [2.45, 2.75) is 26.2 Å². The number of halogens is 1. The van der Waals surface area contributed by atoms with E-state index in [1.165, 1.54) is 33.5 Å². The van der Waals surface area contributed by atoms with E-state index in [0.29, 0.717) is 29.7 Å². The van der Waals surface area contributed by atoms with Crippen LogP contribution in [0.1, 0.15) is 42.1 Å². The molecule has 2 aromatic rings. The molecular weight excluding hydrogens is 439 g/mol. The van der Waals surface area contributed by atoms with Gasteiger partial charge in [-0.2, -0.15) is 0 Å². The molecule has 1 aliphatic rings. The SMILES string of the molecule is COc1cc(C2CN(C(=O)c3ccccc3F)CC2C(=O)NCCC(C)C)cc(OC)c1OC. The Hall–Kier alpha value is -3.29. The Labute approximate surface area is 200 Å². The largest absolute Gasteiger partial charge is 0.493 e. The third kappa shape index (κ3) is 5.43. The van der Waals surface area contributed by atoms with Gasteiger partial charge in [0.1, 0.15) is 5.82 Å². The average molecular weight is 473 g/mol. The maximum atomic E-state index is 14.3. The lowest BCUT2D eigenvalue weighted by molar-refractivity contribution is -0.124. The smallest absolute Gasteiger partial charge is 0.256 e. The Morgan fingerprint density at radius 1 is 1.06 bits per heavy atom. The zero-order chi connectivity index (χ0) is 24.8. The monoisotopic (exact) mass is 472 g/mol. The van der Waals surface area contributed by atoms with Gasteiger partial charge in [-0.05, 0) is 42.2 Å². The second kappa shape index (κ2) is 11.2. The lowest BCUT2D eigenvalue weighted by atomic mass is 9.87. The molecule has 2 aromatic carbocycles. The first-order valence-electron chi connectivity index (χ1n) is 11.4. The summed E-state index contributed by atoms with van der Waals surface area (Å²) in [5, 5.41) is 3.01. The standard InChI is InChI=1S/C26H33FN2O5/c1-16(2)10-11-28-25(30)20-15-29(26(31)18-8-6-7-9-21(18)27)14-19(20)17-12-22(32-3)24(34-5)23(13-17)33-4/h6-9,12-13,16,19-20H,10-11,14-15H2,1-5H3,(H,28,30). The number of amides is 2. The molecule has 34 heavy (non-hydrogen) atoms. The second-order valence-corrected chi connectivity index (χ2v) is 8.84. The van der Waals surface area contributed by atoms with Gasteiger partial charge in [0.15, 0.2) is 11.5 Å². The predicted octanol–water partition coefficient (Wildman–Crippen LogP) is 3.87. The first kappa shape index (κ1) is 25.3. The van der Waals surface area contributed by atoms with E-state index >= 15 is 0 Å². The number of rotatable bonds is 9. The number of carbonyl (C=O) groups excluding carboxylic acids is 2. The summed E-state index contributed by atoms with van der Waals surface area (Å²) in [6.07, 6.45) is 0.852. The van der Waals surface area contributed by atoms with Crippen molar-refractivity contribution < 1.29 is 28.2 Å². The highest BCUT2D eigenvalue weighted by atomic mass is 19.1. The van der Waals surface area contributed by atoms with Crippen LogP contribution < -0.4 is 19.5 Å². The number of nitrogens with one attached hydrogen (secondary N) is 1. The van der Waals surface area contributed by atoms with Gasteiger partial charge < -0.3 is 24.4 Å². The van der Waals surface area contributed by atoms with Crippen LogP contribution in [0.25, 0.3) is 0 Å². The van der Waals surface area contributed by atoms with Gasteiger partial charge in [-0.15, -0.1) is 0 Å². The summed E-state index contributed by atoms with van der Waals surface area (Å²) in [5.41, 5.74) is 0.773.